The van der Waals surface area contributed by atoms with Crippen LogP contribution in [0.1, 0.15) is 6.92 Å². The maximum Gasteiger partial charge on any atom is 0.333 e. The van der Waals surface area contributed by atoms with E-state index in [0.29, 0.717) is 5.57 Å². The van der Waals surface area contributed by atoms with Gasteiger partial charge < -0.3 is 10.5 Å². The van der Waals surface area contributed by atoms with Gasteiger partial charge in [0.1, 0.15) is 6.61 Å². The monoisotopic (exact) mass is 141 g/mol. The summed E-state index contributed by atoms with van der Waals surface area (Å²) in [5.41, 5.74) is 5.39. The molecular formula is C7H11NO2. The number of nitrogens with two attached hydrogens (primary N) is 1. The quantitative estimate of drug-likeness (QED) is 0.462. The maximum atomic E-state index is 10.6. The summed E-state index contributed by atoms with van der Waals surface area (Å²) < 4.78 is 4.64. The summed E-state index contributed by atoms with van der Waals surface area (Å²) in [6.45, 7) is 5.21. The van der Waals surface area contributed by atoms with Gasteiger partial charge in [-0.05, 0) is 19.2 Å². The summed E-state index contributed by atoms with van der Waals surface area (Å²) in [6, 6.07) is 0. The number of ether oxygens (including phenoxy) is 1. The minimum Gasteiger partial charge on any atom is -0.458 e. The second-order valence-electron chi connectivity index (χ2n) is 1.81. The summed E-state index contributed by atoms with van der Waals surface area (Å²) in [5, 5.41) is 0. The number of rotatable bonds is 3. The first-order chi connectivity index (χ1) is 4.68. The molecule has 0 aliphatic heterocycles. The molecule has 0 aliphatic carbocycles. The van der Waals surface area contributed by atoms with Crippen LogP contribution in [0.5, 0.6) is 0 Å². The largest absolute Gasteiger partial charge is 0.458 e. The molecule has 0 amide bonds. The molecule has 0 saturated carbocycles. The van der Waals surface area contributed by atoms with E-state index in [2.05, 4.69) is 11.3 Å². The van der Waals surface area contributed by atoms with Crippen molar-refractivity contribution in [1.82, 2.24) is 0 Å². The Balaban J connectivity index is 3.50. The Morgan fingerprint density at radius 3 is 2.80 bits per heavy atom. The van der Waals surface area contributed by atoms with Gasteiger partial charge in [0.25, 0.3) is 0 Å². The predicted molar refractivity (Wildman–Crippen MR) is 39.1 cm³/mol. The van der Waals surface area contributed by atoms with Crippen molar-refractivity contribution in [3.8, 4) is 0 Å². The number of hydrogen-bond acceptors (Lipinski definition) is 3. The van der Waals surface area contributed by atoms with E-state index in [1.54, 1.807) is 13.0 Å². The van der Waals surface area contributed by atoms with E-state index in [4.69, 9.17) is 5.73 Å². The van der Waals surface area contributed by atoms with Crippen LogP contribution in [0, 0.1) is 0 Å². The minimum absolute atomic E-state index is 0.211. The molecular weight excluding hydrogens is 130 g/mol. The van der Waals surface area contributed by atoms with E-state index in [-0.39, 0.29) is 6.61 Å². The SMILES string of the molecule is C=C(C)C(=O)OCC=CN. The zero-order valence-corrected chi connectivity index (χ0v) is 5.96. The zero-order valence-electron chi connectivity index (χ0n) is 5.96. The van der Waals surface area contributed by atoms with Gasteiger partial charge in [0.15, 0.2) is 0 Å². The number of hydrogen-bond donors (Lipinski definition) is 1. The first kappa shape index (κ1) is 8.75. The highest BCUT2D eigenvalue weighted by atomic mass is 16.5. The third-order valence-electron chi connectivity index (χ3n) is 0.795. The normalized spacial score (nSPS) is 9.70. The summed E-state index contributed by atoms with van der Waals surface area (Å²) in [6.07, 6.45) is 2.87. The van der Waals surface area contributed by atoms with E-state index in [1.165, 1.54) is 6.20 Å². The van der Waals surface area contributed by atoms with Crippen LogP contribution in [-0.2, 0) is 9.53 Å². The Bertz CT molecular complexity index is 161. The highest BCUT2D eigenvalue weighted by Crippen LogP contribution is 1.90. The van der Waals surface area contributed by atoms with Gasteiger partial charge in [-0.1, -0.05) is 6.58 Å². The Morgan fingerprint density at radius 1 is 1.80 bits per heavy atom. The van der Waals surface area contributed by atoms with E-state index in [1.807, 2.05) is 0 Å². The second-order valence-corrected chi connectivity index (χ2v) is 1.81. The lowest BCUT2D eigenvalue weighted by atomic mass is 10.4. The average molecular weight is 141 g/mol. The zero-order chi connectivity index (χ0) is 7.98. The second kappa shape index (κ2) is 4.61. The van der Waals surface area contributed by atoms with Crippen molar-refractivity contribution < 1.29 is 9.53 Å². The van der Waals surface area contributed by atoms with Crippen LogP contribution >= 0.6 is 0 Å². The Labute approximate surface area is 60.2 Å². The van der Waals surface area contributed by atoms with Gasteiger partial charge in [0.2, 0.25) is 0 Å². The maximum absolute atomic E-state index is 10.6. The lowest BCUT2D eigenvalue weighted by Crippen LogP contribution is -2.04. The lowest BCUT2D eigenvalue weighted by molar-refractivity contribution is -0.137. The Morgan fingerprint density at radius 2 is 2.40 bits per heavy atom. The molecule has 2 N–H and O–H groups in total. The summed E-state index contributed by atoms with van der Waals surface area (Å²) in [7, 11) is 0. The van der Waals surface area contributed by atoms with Crippen LogP contribution < -0.4 is 5.73 Å². The van der Waals surface area contributed by atoms with Crippen LogP contribution in [0.15, 0.2) is 24.4 Å². The first-order valence-corrected chi connectivity index (χ1v) is 2.88. The first-order valence-electron chi connectivity index (χ1n) is 2.88. The molecule has 0 spiro atoms. The summed E-state index contributed by atoms with van der Waals surface area (Å²) >= 11 is 0. The molecule has 0 saturated heterocycles. The van der Waals surface area contributed by atoms with E-state index in [0.717, 1.165) is 0 Å². The molecule has 0 radical (unpaired) electrons. The molecule has 0 atom stereocenters. The minimum atomic E-state index is -0.391. The number of esters is 1. The highest BCUT2D eigenvalue weighted by Gasteiger charge is 1.99. The van der Waals surface area contributed by atoms with Crippen molar-refractivity contribution in [1.29, 1.82) is 0 Å². The fourth-order valence-electron chi connectivity index (χ4n) is 0.303. The van der Waals surface area contributed by atoms with Gasteiger partial charge in [0, 0.05) is 5.57 Å². The van der Waals surface area contributed by atoms with Crippen LogP contribution in [0.3, 0.4) is 0 Å². The van der Waals surface area contributed by atoms with Crippen molar-refractivity contribution in [2.24, 2.45) is 5.73 Å². The van der Waals surface area contributed by atoms with Crippen LogP contribution in [0.2, 0.25) is 0 Å². The van der Waals surface area contributed by atoms with Crippen LogP contribution in [0.25, 0.3) is 0 Å². The van der Waals surface area contributed by atoms with Gasteiger partial charge >= 0.3 is 5.97 Å². The van der Waals surface area contributed by atoms with Gasteiger partial charge in [-0.25, -0.2) is 4.79 Å². The molecule has 3 heteroatoms. The fourth-order valence-corrected chi connectivity index (χ4v) is 0.303. The molecule has 0 aromatic rings. The van der Waals surface area contributed by atoms with Crippen molar-refractivity contribution in [2.75, 3.05) is 6.61 Å². The number of carbonyl (C=O) groups excluding carboxylic acids is 1. The predicted octanol–water partition coefficient (Wildman–Crippen LogP) is 0.578. The summed E-state index contributed by atoms with van der Waals surface area (Å²) in [5.74, 6) is -0.391. The molecule has 0 heterocycles. The van der Waals surface area contributed by atoms with E-state index in [9.17, 15) is 4.79 Å². The van der Waals surface area contributed by atoms with Crippen molar-refractivity contribution in [2.45, 2.75) is 6.92 Å². The van der Waals surface area contributed by atoms with E-state index < -0.39 is 5.97 Å². The van der Waals surface area contributed by atoms with Gasteiger partial charge in [-0.3, -0.25) is 0 Å². The standard InChI is InChI=1S/C7H11NO2/c1-6(2)7(9)10-5-3-4-8/h3-4H,1,5,8H2,2H3. The molecule has 0 fully saturated rings. The Hall–Kier alpha value is -1.25. The molecule has 0 rings (SSSR count). The third kappa shape index (κ3) is 3.72. The smallest absolute Gasteiger partial charge is 0.333 e. The molecule has 0 bridgehead atoms. The van der Waals surface area contributed by atoms with Crippen molar-refractivity contribution in [3.63, 3.8) is 0 Å². The molecule has 0 aromatic carbocycles. The molecule has 3 nitrogen and oxygen atoms in total. The van der Waals surface area contributed by atoms with Crippen LogP contribution in [-0.4, -0.2) is 12.6 Å². The average Bonchev–Trinajstić information content (AvgIpc) is 1.88. The molecule has 0 unspecified atom stereocenters. The van der Waals surface area contributed by atoms with E-state index >= 15 is 0 Å². The topological polar surface area (TPSA) is 52.3 Å². The molecule has 10 heavy (non-hydrogen) atoms. The highest BCUT2D eigenvalue weighted by molar-refractivity contribution is 5.86. The van der Waals surface area contributed by atoms with Crippen molar-refractivity contribution >= 4 is 5.97 Å². The lowest BCUT2D eigenvalue weighted by Gasteiger charge is -1.98. The van der Waals surface area contributed by atoms with Crippen molar-refractivity contribution in [3.05, 3.63) is 24.4 Å². The van der Waals surface area contributed by atoms with Gasteiger partial charge in [0.05, 0.1) is 0 Å². The van der Waals surface area contributed by atoms with Gasteiger partial charge in [-0.15, -0.1) is 0 Å². The molecule has 56 valence electrons. The fraction of sp³-hybridized carbons (Fsp3) is 0.286. The summed E-state index contributed by atoms with van der Waals surface area (Å²) in [4.78, 5) is 10.6. The van der Waals surface area contributed by atoms with Gasteiger partial charge in [-0.2, -0.15) is 0 Å². The third-order valence-corrected chi connectivity index (χ3v) is 0.795. The number of carbonyl (C=O) groups is 1. The Kier molecular flexibility index (Phi) is 4.04. The molecule has 0 aromatic heterocycles. The molecule has 0 aliphatic rings. The van der Waals surface area contributed by atoms with Crippen LogP contribution in [0.4, 0.5) is 0 Å².